The van der Waals surface area contributed by atoms with E-state index in [0.717, 1.165) is 11.1 Å². The second kappa shape index (κ2) is 12.2. The van der Waals surface area contributed by atoms with Crippen molar-refractivity contribution in [2.75, 3.05) is 0 Å². The Balaban J connectivity index is 2.00. The summed E-state index contributed by atoms with van der Waals surface area (Å²) in [5.41, 5.74) is 0.959. The minimum absolute atomic E-state index is 0.0782. The van der Waals surface area contributed by atoms with Gasteiger partial charge in [-0.1, -0.05) is 60.7 Å². The molecule has 0 bridgehead atoms. The molecule has 0 saturated heterocycles. The van der Waals surface area contributed by atoms with E-state index in [1.54, 1.807) is 27.7 Å². The number of benzene rings is 2. The fourth-order valence-corrected chi connectivity index (χ4v) is 3.15. The van der Waals surface area contributed by atoms with Crippen molar-refractivity contribution in [3.63, 3.8) is 0 Å². The lowest BCUT2D eigenvalue weighted by atomic mass is 9.95. The van der Waals surface area contributed by atoms with Crippen LogP contribution < -0.4 is 10.6 Å². The molecule has 2 aromatic rings. The van der Waals surface area contributed by atoms with Gasteiger partial charge in [-0.2, -0.15) is 0 Å². The number of nitrogens with one attached hydrogen (secondary N) is 2. The van der Waals surface area contributed by atoms with Crippen molar-refractivity contribution in [2.45, 2.75) is 70.6 Å². The van der Waals surface area contributed by atoms with Gasteiger partial charge in [0.25, 0.3) is 0 Å². The molecule has 8 nitrogen and oxygen atoms in total. The van der Waals surface area contributed by atoms with Gasteiger partial charge < -0.3 is 30.3 Å². The molecule has 4 N–H and O–H groups in total. The van der Waals surface area contributed by atoms with E-state index in [0.29, 0.717) is 0 Å². The minimum Gasteiger partial charge on any atom is -0.445 e. The SMILES string of the molecule is CC(NC(=O)OCc1ccccc1)C(O)C(O)C(Cc1ccccc1)NC(=O)OC(C)(C)C. The van der Waals surface area contributed by atoms with E-state index >= 15 is 0 Å². The van der Waals surface area contributed by atoms with Gasteiger partial charge in [0.2, 0.25) is 0 Å². The number of carbonyl (C=O) groups excluding carboxylic acids is 2. The topological polar surface area (TPSA) is 117 Å². The predicted octanol–water partition coefficient (Wildman–Crippen LogP) is 3.16. The highest BCUT2D eigenvalue weighted by atomic mass is 16.6. The molecule has 0 fully saturated rings. The summed E-state index contributed by atoms with van der Waals surface area (Å²) < 4.78 is 10.5. The first-order chi connectivity index (χ1) is 15.5. The monoisotopic (exact) mass is 458 g/mol. The average Bonchev–Trinajstić information content (AvgIpc) is 2.76. The number of amides is 2. The molecule has 0 saturated carbocycles. The van der Waals surface area contributed by atoms with Gasteiger partial charge in [-0.25, -0.2) is 9.59 Å². The molecule has 4 unspecified atom stereocenters. The van der Waals surface area contributed by atoms with Crippen molar-refractivity contribution in [2.24, 2.45) is 0 Å². The van der Waals surface area contributed by atoms with Gasteiger partial charge in [-0.05, 0) is 45.2 Å². The highest BCUT2D eigenvalue weighted by Crippen LogP contribution is 2.14. The molecule has 2 amide bonds. The van der Waals surface area contributed by atoms with Gasteiger partial charge in [-0.15, -0.1) is 0 Å². The van der Waals surface area contributed by atoms with Gasteiger partial charge in [0.05, 0.1) is 12.1 Å². The number of rotatable bonds is 9. The first-order valence-electron chi connectivity index (χ1n) is 10.9. The Morgan fingerprint density at radius 3 is 1.94 bits per heavy atom. The van der Waals surface area contributed by atoms with Crippen molar-refractivity contribution < 1.29 is 29.3 Å². The number of ether oxygens (including phenoxy) is 2. The van der Waals surface area contributed by atoms with Crippen LogP contribution in [-0.4, -0.2) is 52.3 Å². The number of hydrogen-bond acceptors (Lipinski definition) is 6. The fraction of sp³-hybridized carbons (Fsp3) is 0.440. The summed E-state index contributed by atoms with van der Waals surface area (Å²) >= 11 is 0. The van der Waals surface area contributed by atoms with E-state index in [-0.39, 0.29) is 13.0 Å². The van der Waals surface area contributed by atoms with Crippen LogP contribution in [0.15, 0.2) is 60.7 Å². The molecule has 0 radical (unpaired) electrons. The van der Waals surface area contributed by atoms with Gasteiger partial charge in [0, 0.05) is 0 Å². The number of aliphatic hydroxyl groups excluding tert-OH is 2. The molecule has 0 aliphatic heterocycles. The third-order valence-corrected chi connectivity index (χ3v) is 4.83. The summed E-state index contributed by atoms with van der Waals surface area (Å²) in [6.45, 7) is 6.82. The highest BCUT2D eigenvalue weighted by molar-refractivity contribution is 5.68. The van der Waals surface area contributed by atoms with E-state index in [2.05, 4.69) is 10.6 Å². The lowest BCUT2D eigenvalue weighted by Crippen LogP contribution is -2.56. The van der Waals surface area contributed by atoms with E-state index in [9.17, 15) is 19.8 Å². The molecule has 4 atom stereocenters. The summed E-state index contributed by atoms with van der Waals surface area (Å²) in [7, 11) is 0. The molecule has 33 heavy (non-hydrogen) atoms. The maximum atomic E-state index is 12.3. The number of carbonyl (C=O) groups is 2. The van der Waals surface area contributed by atoms with E-state index in [1.807, 2.05) is 60.7 Å². The molecule has 180 valence electrons. The third-order valence-electron chi connectivity index (χ3n) is 4.83. The molecular formula is C25H34N2O6. The van der Waals surface area contributed by atoms with Crippen molar-refractivity contribution >= 4 is 12.2 Å². The molecule has 0 aliphatic carbocycles. The average molecular weight is 459 g/mol. The molecule has 0 aromatic heterocycles. The summed E-state index contributed by atoms with van der Waals surface area (Å²) in [5.74, 6) is 0. The Morgan fingerprint density at radius 2 is 1.39 bits per heavy atom. The standard InChI is InChI=1S/C25H34N2O6/c1-17(26-23(30)32-16-19-13-9-6-10-14-19)21(28)22(29)20(15-18-11-7-5-8-12-18)27-24(31)33-25(2,3)4/h5-14,17,20-22,28-29H,15-16H2,1-4H3,(H,26,30)(H,27,31). The largest absolute Gasteiger partial charge is 0.445 e. The molecule has 8 heteroatoms. The highest BCUT2D eigenvalue weighted by Gasteiger charge is 2.33. The summed E-state index contributed by atoms with van der Waals surface area (Å²) in [6.07, 6.45) is -3.95. The number of hydrogen-bond donors (Lipinski definition) is 4. The second-order valence-electron chi connectivity index (χ2n) is 8.92. The molecule has 0 aliphatic rings. The summed E-state index contributed by atoms with van der Waals surface area (Å²) in [4.78, 5) is 24.5. The van der Waals surface area contributed by atoms with Crippen molar-refractivity contribution in [1.82, 2.24) is 10.6 Å². The zero-order chi connectivity index (χ0) is 24.4. The molecule has 0 heterocycles. The fourth-order valence-electron chi connectivity index (χ4n) is 3.15. The summed E-state index contributed by atoms with van der Waals surface area (Å²) in [5, 5.41) is 26.7. The third kappa shape index (κ3) is 9.51. The van der Waals surface area contributed by atoms with E-state index in [1.165, 1.54) is 0 Å². The molecule has 2 rings (SSSR count). The van der Waals surface area contributed by atoms with Crippen LogP contribution in [0.3, 0.4) is 0 Å². The van der Waals surface area contributed by atoms with Gasteiger partial charge in [0.1, 0.15) is 24.4 Å². The minimum atomic E-state index is -1.39. The molecular weight excluding hydrogens is 424 g/mol. The smallest absolute Gasteiger partial charge is 0.407 e. The Hall–Kier alpha value is -3.10. The Morgan fingerprint density at radius 1 is 0.848 bits per heavy atom. The first-order valence-corrected chi connectivity index (χ1v) is 10.9. The van der Waals surface area contributed by atoms with Crippen LogP contribution >= 0.6 is 0 Å². The maximum absolute atomic E-state index is 12.3. The van der Waals surface area contributed by atoms with Crippen molar-refractivity contribution in [1.29, 1.82) is 0 Å². The van der Waals surface area contributed by atoms with E-state index < -0.39 is 42.1 Å². The molecule has 0 spiro atoms. The van der Waals surface area contributed by atoms with Crippen molar-refractivity contribution in [3.8, 4) is 0 Å². The van der Waals surface area contributed by atoms with Crippen LogP contribution in [0.2, 0.25) is 0 Å². The Kier molecular flexibility index (Phi) is 9.69. The Bertz CT molecular complexity index is 869. The zero-order valence-corrected chi connectivity index (χ0v) is 19.5. The van der Waals surface area contributed by atoms with E-state index in [4.69, 9.17) is 9.47 Å². The van der Waals surface area contributed by atoms with Crippen LogP contribution in [0.1, 0.15) is 38.8 Å². The zero-order valence-electron chi connectivity index (χ0n) is 19.5. The Labute approximate surface area is 194 Å². The normalized spacial score (nSPS) is 15.0. The number of alkyl carbamates (subject to hydrolysis) is 2. The first kappa shape index (κ1) is 26.2. The maximum Gasteiger partial charge on any atom is 0.407 e. The molecule has 2 aromatic carbocycles. The van der Waals surface area contributed by atoms with Crippen LogP contribution in [0.4, 0.5) is 9.59 Å². The van der Waals surface area contributed by atoms with Crippen molar-refractivity contribution in [3.05, 3.63) is 71.8 Å². The number of aliphatic hydroxyl groups is 2. The van der Waals surface area contributed by atoms with Crippen LogP contribution in [-0.2, 0) is 22.5 Å². The lowest BCUT2D eigenvalue weighted by Gasteiger charge is -2.31. The van der Waals surface area contributed by atoms with Gasteiger partial charge in [-0.3, -0.25) is 0 Å². The second-order valence-corrected chi connectivity index (χ2v) is 8.92. The van der Waals surface area contributed by atoms with Crippen LogP contribution in [0.5, 0.6) is 0 Å². The van der Waals surface area contributed by atoms with Crippen LogP contribution in [0.25, 0.3) is 0 Å². The predicted molar refractivity (Wildman–Crippen MR) is 125 cm³/mol. The van der Waals surface area contributed by atoms with Gasteiger partial charge in [0.15, 0.2) is 0 Å². The summed E-state index contributed by atoms with van der Waals surface area (Å²) in [6, 6.07) is 16.7. The van der Waals surface area contributed by atoms with Gasteiger partial charge >= 0.3 is 12.2 Å². The van der Waals surface area contributed by atoms with Crippen LogP contribution in [0, 0.1) is 0 Å². The quantitative estimate of drug-likeness (QED) is 0.459. The lowest BCUT2D eigenvalue weighted by molar-refractivity contribution is -0.0238.